The summed E-state index contributed by atoms with van der Waals surface area (Å²) in [6, 6.07) is 13.7. The Hall–Kier alpha value is -3.02. The molecule has 2 atom stereocenters. The molecule has 0 aromatic heterocycles. The molecule has 1 heterocycles. The fraction of sp³-hybridized carbons (Fsp3) is 0.222. The smallest absolute Gasteiger partial charge is 0.351 e. The van der Waals surface area contributed by atoms with E-state index >= 15 is 0 Å². The van der Waals surface area contributed by atoms with Crippen LogP contribution in [-0.2, 0) is 16.1 Å². The number of rotatable bonds is 4. The average molecular weight is 327 g/mol. The number of para-hydroxylation sites is 2. The molecule has 0 saturated heterocycles. The van der Waals surface area contributed by atoms with Crippen LogP contribution in [-0.4, -0.2) is 24.1 Å². The van der Waals surface area contributed by atoms with Gasteiger partial charge in [0.15, 0.2) is 11.5 Å². The summed E-state index contributed by atoms with van der Waals surface area (Å²) >= 11 is 0. The summed E-state index contributed by atoms with van der Waals surface area (Å²) in [5.41, 5.74) is 6.33. The van der Waals surface area contributed by atoms with E-state index in [-0.39, 0.29) is 6.61 Å². The molecule has 0 unspecified atom stereocenters. The van der Waals surface area contributed by atoms with Gasteiger partial charge >= 0.3 is 5.97 Å². The monoisotopic (exact) mass is 327 g/mol. The minimum atomic E-state index is -0.829. The Kier molecular flexibility index (Phi) is 4.37. The molecule has 0 saturated carbocycles. The van der Waals surface area contributed by atoms with Crippen LogP contribution in [0, 0.1) is 0 Å². The Morgan fingerprint density at radius 2 is 1.67 bits per heavy atom. The lowest BCUT2D eigenvalue weighted by atomic mass is 10.1. The second-order valence-electron chi connectivity index (χ2n) is 5.48. The average Bonchev–Trinajstić information content (AvgIpc) is 2.59. The highest BCUT2D eigenvalue weighted by molar-refractivity contribution is 5.92. The second kappa shape index (κ2) is 6.62. The number of nitrogens with two attached hydrogens (primary N) is 1. The van der Waals surface area contributed by atoms with Crippen LogP contribution in [0.1, 0.15) is 22.8 Å². The third kappa shape index (κ3) is 3.32. The van der Waals surface area contributed by atoms with Crippen LogP contribution in [0.5, 0.6) is 11.5 Å². The molecule has 0 aliphatic carbocycles. The van der Waals surface area contributed by atoms with Gasteiger partial charge in [0.1, 0.15) is 12.7 Å². The number of esters is 1. The Bertz CT molecular complexity index is 756. The van der Waals surface area contributed by atoms with Gasteiger partial charge in [-0.3, -0.25) is 4.79 Å². The maximum atomic E-state index is 12.3. The summed E-state index contributed by atoms with van der Waals surface area (Å²) in [7, 11) is 0. The Morgan fingerprint density at radius 1 is 1.04 bits per heavy atom. The van der Waals surface area contributed by atoms with Crippen LogP contribution >= 0.6 is 0 Å². The Balaban J connectivity index is 1.62. The summed E-state index contributed by atoms with van der Waals surface area (Å²) in [5.74, 6) is 0.120. The summed E-state index contributed by atoms with van der Waals surface area (Å²) < 4.78 is 16.7. The predicted octanol–water partition coefficient (Wildman–Crippen LogP) is 2.06. The summed E-state index contributed by atoms with van der Waals surface area (Å²) in [5, 5.41) is 0. The van der Waals surface area contributed by atoms with E-state index < -0.39 is 24.1 Å². The topological polar surface area (TPSA) is 87.8 Å². The van der Waals surface area contributed by atoms with E-state index in [4.69, 9.17) is 19.9 Å². The van der Waals surface area contributed by atoms with Crippen molar-refractivity contribution < 1.29 is 23.8 Å². The lowest BCUT2D eigenvalue weighted by molar-refractivity contribution is -0.159. The van der Waals surface area contributed by atoms with Gasteiger partial charge in [0.05, 0.1) is 0 Å². The molecule has 24 heavy (non-hydrogen) atoms. The molecule has 2 N–H and O–H groups in total. The maximum Gasteiger partial charge on any atom is 0.351 e. The summed E-state index contributed by atoms with van der Waals surface area (Å²) in [4.78, 5) is 23.3. The molecular formula is C18H17NO5. The molecule has 0 radical (unpaired) electrons. The quantitative estimate of drug-likeness (QED) is 0.869. The van der Waals surface area contributed by atoms with Crippen molar-refractivity contribution in [2.24, 2.45) is 5.73 Å². The lowest BCUT2D eigenvalue weighted by Crippen LogP contribution is -2.44. The van der Waals surface area contributed by atoms with E-state index in [1.165, 1.54) is 0 Å². The lowest BCUT2D eigenvalue weighted by Gasteiger charge is -2.30. The van der Waals surface area contributed by atoms with Crippen molar-refractivity contribution in [1.82, 2.24) is 0 Å². The normalized spacial score (nSPS) is 18.7. The summed E-state index contributed by atoms with van der Waals surface area (Å²) in [6.45, 7) is 1.83. The molecule has 0 fully saturated rings. The maximum absolute atomic E-state index is 12.3. The van der Waals surface area contributed by atoms with Gasteiger partial charge in [-0.15, -0.1) is 0 Å². The van der Waals surface area contributed by atoms with Gasteiger partial charge < -0.3 is 19.9 Å². The van der Waals surface area contributed by atoms with Crippen LogP contribution in [0.15, 0.2) is 48.5 Å². The van der Waals surface area contributed by atoms with Crippen molar-refractivity contribution in [2.45, 2.75) is 25.7 Å². The standard InChI is InChI=1S/C18H17NO5/c1-11-16(24-15-5-3-2-4-14(15)23-11)18(21)22-10-12-6-8-13(9-7-12)17(19)20/h2-9,11,16H,10H2,1H3,(H2,19,20)/t11-,16-/m1/s1. The zero-order valence-corrected chi connectivity index (χ0v) is 13.1. The Labute approximate surface area is 139 Å². The number of hydrogen-bond acceptors (Lipinski definition) is 5. The first-order valence-electron chi connectivity index (χ1n) is 7.52. The second-order valence-corrected chi connectivity index (χ2v) is 5.48. The van der Waals surface area contributed by atoms with Gasteiger partial charge in [-0.1, -0.05) is 24.3 Å². The highest BCUT2D eigenvalue weighted by Crippen LogP contribution is 2.33. The van der Waals surface area contributed by atoms with E-state index in [1.54, 1.807) is 49.4 Å². The molecule has 6 nitrogen and oxygen atoms in total. The van der Waals surface area contributed by atoms with Crippen molar-refractivity contribution in [1.29, 1.82) is 0 Å². The van der Waals surface area contributed by atoms with E-state index in [0.717, 1.165) is 5.56 Å². The van der Waals surface area contributed by atoms with Crippen molar-refractivity contribution >= 4 is 11.9 Å². The minimum Gasteiger partial charge on any atom is -0.482 e. The number of fused-ring (bicyclic) bond motifs is 1. The highest BCUT2D eigenvalue weighted by atomic mass is 16.6. The Morgan fingerprint density at radius 3 is 2.29 bits per heavy atom. The fourth-order valence-corrected chi connectivity index (χ4v) is 2.38. The van der Waals surface area contributed by atoms with Crippen LogP contribution in [0.3, 0.4) is 0 Å². The van der Waals surface area contributed by atoms with Crippen molar-refractivity contribution in [3.63, 3.8) is 0 Å². The molecule has 3 rings (SSSR count). The molecule has 1 amide bonds. The first-order valence-corrected chi connectivity index (χ1v) is 7.52. The van der Waals surface area contributed by atoms with Crippen molar-refractivity contribution in [3.05, 3.63) is 59.7 Å². The molecular weight excluding hydrogens is 310 g/mol. The third-order valence-electron chi connectivity index (χ3n) is 3.69. The van der Waals surface area contributed by atoms with Crippen molar-refractivity contribution in [3.8, 4) is 11.5 Å². The van der Waals surface area contributed by atoms with Gasteiger partial charge in [-0.25, -0.2) is 4.79 Å². The number of carbonyl (C=O) groups excluding carboxylic acids is 2. The van der Waals surface area contributed by atoms with Gasteiger partial charge in [-0.05, 0) is 36.8 Å². The molecule has 1 aliphatic rings. The first-order chi connectivity index (χ1) is 11.5. The number of amides is 1. The number of ether oxygens (including phenoxy) is 3. The predicted molar refractivity (Wildman–Crippen MR) is 85.7 cm³/mol. The van der Waals surface area contributed by atoms with Crippen molar-refractivity contribution in [2.75, 3.05) is 0 Å². The zero-order valence-electron chi connectivity index (χ0n) is 13.1. The minimum absolute atomic E-state index is 0.0755. The largest absolute Gasteiger partial charge is 0.482 e. The highest BCUT2D eigenvalue weighted by Gasteiger charge is 2.35. The van der Waals surface area contributed by atoms with E-state index in [2.05, 4.69) is 0 Å². The van der Waals surface area contributed by atoms with Crippen LogP contribution in [0.4, 0.5) is 0 Å². The first kappa shape index (κ1) is 15.9. The zero-order chi connectivity index (χ0) is 17.1. The van der Waals surface area contributed by atoms with Crippen LogP contribution in [0.2, 0.25) is 0 Å². The molecule has 0 spiro atoms. The van der Waals surface area contributed by atoms with Crippen LogP contribution in [0.25, 0.3) is 0 Å². The van der Waals surface area contributed by atoms with Gasteiger partial charge in [0.2, 0.25) is 12.0 Å². The van der Waals surface area contributed by atoms with Gasteiger partial charge in [0, 0.05) is 5.56 Å². The fourth-order valence-electron chi connectivity index (χ4n) is 2.38. The molecule has 6 heteroatoms. The molecule has 124 valence electrons. The van der Waals surface area contributed by atoms with E-state index in [1.807, 2.05) is 6.07 Å². The third-order valence-corrected chi connectivity index (χ3v) is 3.69. The molecule has 0 bridgehead atoms. The van der Waals surface area contributed by atoms with Gasteiger partial charge in [-0.2, -0.15) is 0 Å². The summed E-state index contributed by atoms with van der Waals surface area (Å²) in [6.07, 6.45) is -1.28. The number of carbonyl (C=O) groups is 2. The molecule has 1 aliphatic heterocycles. The van der Waals surface area contributed by atoms with E-state index in [9.17, 15) is 9.59 Å². The molecule has 2 aromatic rings. The number of benzene rings is 2. The SMILES string of the molecule is C[C@H]1Oc2ccccc2O[C@H]1C(=O)OCc1ccc(C(N)=O)cc1. The van der Waals surface area contributed by atoms with Crippen LogP contribution < -0.4 is 15.2 Å². The molecule has 2 aromatic carbocycles. The number of hydrogen-bond donors (Lipinski definition) is 1. The van der Waals surface area contributed by atoms with E-state index in [0.29, 0.717) is 17.1 Å². The van der Waals surface area contributed by atoms with Gasteiger partial charge in [0.25, 0.3) is 0 Å². The number of primary amides is 1.